The molecule has 96 valence electrons. The monoisotopic (exact) mass is 334 g/mol. The van der Waals surface area contributed by atoms with Crippen LogP contribution in [-0.4, -0.2) is 0 Å². The average Bonchev–Trinajstić information content (AvgIpc) is 3.21. The molecule has 0 nitrogen and oxygen atoms in total. The van der Waals surface area contributed by atoms with Gasteiger partial charge in [-0.15, -0.1) is 5.56 Å². The third kappa shape index (κ3) is 3.35. The number of allylic oxidation sites excluding steroid dienone is 1. The number of fused-ring (bicyclic) bond motifs is 1. The zero-order valence-corrected chi connectivity index (χ0v) is 13.7. The molecule has 0 amide bonds. The summed E-state index contributed by atoms with van der Waals surface area (Å²) < 4.78 is 0. The van der Waals surface area contributed by atoms with Gasteiger partial charge in [0.1, 0.15) is 0 Å². The Hall–Kier alpha value is -1.46. The predicted molar refractivity (Wildman–Crippen MR) is 81.4 cm³/mol. The van der Waals surface area contributed by atoms with E-state index in [2.05, 4.69) is 60.7 Å². The molecule has 0 radical (unpaired) electrons. The maximum absolute atomic E-state index is 2.28. The van der Waals surface area contributed by atoms with Gasteiger partial charge in [-0.25, -0.2) is 24.3 Å². The van der Waals surface area contributed by atoms with E-state index in [-0.39, 0.29) is 26.2 Å². The first kappa shape index (κ1) is 14.9. The molecule has 3 aromatic carbocycles. The van der Waals surface area contributed by atoms with Gasteiger partial charge in [-0.05, 0) is 17.0 Å². The van der Waals surface area contributed by atoms with E-state index in [4.69, 9.17) is 0 Å². The summed E-state index contributed by atoms with van der Waals surface area (Å²) in [6, 6.07) is 27.2. The van der Waals surface area contributed by atoms with Crippen LogP contribution in [0.4, 0.5) is 0 Å². The van der Waals surface area contributed by atoms with Gasteiger partial charge < -0.3 is 0 Å². The largest absolute Gasteiger partial charge is 2.00 e. The number of rotatable bonds is 1. The standard InChI is InChI=1S/C14H11.C5H5.Zr/c1-2-6-11(5-1)14-10-9-12-7-3-4-8-13(12)14;1-2-4-5-3-1;/h1-10,14H;1-5H;/q2*-1;+2. The van der Waals surface area contributed by atoms with E-state index < -0.39 is 0 Å². The van der Waals surface area contributed by atoms with E-state index in [1.807, 2.05) is 30.3 Å². The summed E-state index contributed by atoms with van der Waals surface area (Å²) >= 11 is 0. The first-order valence-electron chi connectivity index (χ1n) is 6.60. The van der Waals surface area contributed by atoms with Crippen LogP contribution < -0.4 is 0 Å². The predicted octanol–water partition coefficient (Wildman–Crippen LogP) is 4.97. The molecule has 0 N–H and O–H groups in total. The van der Waals surface area contributed by atoms with Crippen LogP contribution in [0.2, 0.25) is 0 Å². The average molecular weight is 336 g/mol. The van der Waals surface area contributed by atoms with Gasteiger partial charge in [0, 0.05) is 0 Å². The third-order valence-electron chi connectivity index (χ3n) is 3.40. The molecular formula is C19H16Zr. The summed E-state index contributed by atoms with van der Waals surface area (Å²) in [7, 11) is 0. The second-order valence-corrected chi connectivity index (χ2v) is 4.65. The van der Waals surface area contributed by atoms with Crippen LogP contribution in [0, 0.1) is 0 Å². The second kappa shape index (κ2) is 7.36. The van der Waals surface area contributed by atoms with Crippen LogP contribution in [0.15, 0.2) is 84.9 Å². The van der Waals surface area contributed by atoms with Gasteiger partial charge in [0.2, 0.25) is 0 Å². The molecule has 0 saturated heterocycles. The van der Waals surface area contributed by atoms with Crippen molar-refractivity contribution in [3.8, 4) is 0 Å². The SMILES string of the molecule is C1=CC([c-]2cccc2)c2ccccc21.[Zr+2].c1cc[cH-]c1. The molecule has 0 spiro atoms. The first-order chi connectivity index (χ1) is 9.45. The van der Waals surface area contributed by atoms with Crippen molar-refractivity contribution in [1.82, 2.24) is 0 Å². The molecule has 20 heavy (non-hydrogen) atoms. The number of benzene rings is 1. The molecular weight excluding hydrogens is 319 g/mol. The van der Waals surface area contributed by atoms with Gasteiger partial charge in [0.05, 0.1) is 0 Å². The number of hydrogen-bond acceptors (Lipinski definition) is 0. The molecule has 0 aliphatic heterocycles. The third-order valence-corrected chi connectivity index (χ3v) is 3.40. The summed E-state index contributed by atoms with van der Waals surface area (Å²) in [5.41, 5.74) is 4.18. The van der Waals surface area contributed by atoms with Crippen molar-refractivity contribution in [1.29, 1.82) is 0 Å². The molecule has 1 atom stereocenters. The fraction of sp³-hybridized carbons (Fsp3) is 0.0526. The van der Waals surface area contributed by atoms with Crippen LogP contribution in [-0.2, 0) is 26.2 Å². The molecule has 0 saturated carbocycles. The van der Waals surface area contributed by atoms with E-state index in [9.17, 15) is 0 Å². The molecule has 0 aromatic heterocycles. The van der Waals surface area contributed by atoms with E-state index in [1.165, 1.54) is 16.7 Å². The number of hydrogen-bond donors (Lipinski definition) is 0. The molecule has 3 aromatic rings. The molecule has 0 bridgehead atoms. The second-order valence-electron chi connectivity index (χ2n) is 4.65. The smallest absolute Gasteiger partial charge is 0.214 e. The quantitative estimate of drug-likeness (QED) is 0.551. The Labute approximate surface area is 139 Å². The van der Waals surface area contributed by atoms with Gasteiger partial charge >= 0.3 is 26.2 Å². The Morgan fingerprint density at radius 2 is 1.55 bits per heavy atom. The Morgan fingerprint density at radius 3 is 2.20 bits per heavy atom. The van der Waals surface area contributed by atoms with E-state index >= 15 is 0 Å². The van der Waals surface area contributed by atoms with Gasteiger partial charge in [0.15, 0.2) is 0 Å². The topological polar surface area (TPSA) is 0 Å². The van der Waals surface area contributed by atoms with Crippen molar-refractivity contribution >= 4 is 6.08 Å². The minimum Gasteiger partial charge on any atom is -0.214 e. The van der Waals surface area contributed by atoms with Crippen molar-refractivity contribution in [2.75, 3.05) is 0 Å². The van der Waals surface area contributed by atoms with Crippen molar-refractivity contribution in [3.63, 3.8) is 0 Å². The van der Waals surface area contributed by atoms with Crippen molar-refractivity contribution in [2.24, 2.45) is 0 Å². The van der Waals surface area contributed by atoms with E-state index in [0.29, 0.717) is 5.92 Å². The molecule has 1 aliphatic rings. The minimum atomic E-state index is 0. The van der Waals surface area contributed by atoms with Crippen molar-refractivity contribution < 1.29 is 26.2 Å². The molecule has 0 heterocycles. The van der Waals surface area contributed by atoms with E-state index in [0.717, 1.165) is 0 Å². The summed E-state index contributed by atoms with van der Waals surface area (Å²) in [4.78, 5) is 0. The van der Waals surface area contributed by atoms with Gasteiger partial charge in [-0.2, -0.15) is 30.3 Å². The minimum absolute atomic E-state index is 0. The molecule has 1 heteroatoms. The van der Waals surface area contributed by atoms with E-state index in [1.54, 1.807) is 0 Å². The fourth-order valence-corrected chi connectivity index (χ4v) is 2.46. The normalized spacial score (nSPS) is 14.9. The molecule has 0 fully saturated rings. The summed E-state index contributed by atoms with van der Waals surface area (Å²) in [5.74, 6) is 0.473. The Morgan fingerprint density at radius 1 is 0.850 bits per heavy atom. The summed E-state index contributed by atoms with van der Waals surface area (Å²) in [6.45, 7) is 0. The van der Waals surface area contributed by atoms with Crippen LogP contribution in [0.25, 0.3) is 6.08 Å². The van der Waals surface area contributed by atoms with Crippen LogP contribution in [0.3, 0.4) is 0 Å². The zero-order chi connectivity index (χ0) is 12.9. The van der Waals surface area contributed by atoms with Crippen LogP contribution >= 0.6 is 0 Å². The van der Waals surface area contributed by atoms with Gasteiger partial charge in [-0.1, -0.05) is 36.4 Å². The van der Waals surface area contributed by atoms with Crippen molar-refractivity contribution in [3.05, 3.63) is 102 Å². The Balaban J connectivity index is 0.000000210. The Bertz CT molecular complexity index is 613. The Kier molecular flexibility index (Phi) is 5.50. The van der Waals surface area contributed by atoms with Crippen LogP contribution in [0.1, 0.15) is 22.6 Å². The first-order valence-corrected chi connectivity index (χ1v) is 6.60. The molecule has 4 rings (SSSR count). The maximum Gasteiger partial charge on any atom is 2.00 e. The zero-order valence-electron chi connectivity index (χ0n) is 11.2. The fourth-order valence-electron chi connectivity index (χ4n) is 2.46. The van der Waals surface area contributed by atoms with Crippen molar-refractivity contribution in [2.45, 2.75) is 5.92 Å². The summed E-state index contributed by atoms with van der Waals surface area (Å²) in [6.07, 6.45) is 4.49. The molecule has 1 aliphatic carbocycles. The maximum atomic E-state index is 2.28. The molecule has 1 unspecified atom stereocenters. The van der Waals surface area contributed by atoms with Gasteiger partial charge in [-0.3, -0.25) is 0 Å². The van der Waals surface area contributed by atoms with Gasteiger partial charge in [0.25, 0.3) is 0 Å². The van der Waals surface area contributed by atoms with Crippen LogP contribution in [0.5, 0.6) is 0 Å². The summed E-state index contributed by atoms with van der Waals surface area (Å²) in [5, 5.41) is 0.